The highest BCUT2D eigenvalue weighted by molar-refractivity contribution is 6.34. The highest BCUT2D eigenvalue weighted by Gasteiger charge is 2.11. The molecular formula is C15H9ClN2O. The van der Waals surface area contributed by atoms with Gasteiger partial charge in [-0.05, 0) is 12.1 Å². The number of fused-ring (bicyclic) bond motifs is 1. The molecule has 3 rings (SSSR count). The molecular weight excluding hydrogens is 260 g/mol. The molecule has 0 spiro atoms. The third-order valence-corrected chi connectivity index (χ3v) is 3.14. The fourth-order valence-corrected chi connectivity index (χ4v) is 2.16. The van der Waals surface area contributed by atoms with Crippen LogP contribution in [0.4, 0.5) is 0 Å². The normalized spacial score (nSPS) is 10.6. The van der Waals surface area contributed by atoms with Crippen molar-refractivity contribution >= 4 is 28.9 Å². The average molecular weight is 269 g/mol. The largest absolute Gasteiger partial charge is 0.296 e. The summed E-state index contributed by atoms with van der Waals surface area (Å²) < 4.78 is 0. The molecule has 3 nitrogen and oxygen atoms in total. The van der Waals surface area contributed by atoms with Gasteiger partial charge >= 0.3 is 0 Å². The van der Waals surface area contributed by atoms with E-state index in [0.29, 0.717) is 27.4 Å². The van der Waals surface area contributed by atoms with Crippen molar-refractivity contribution in [3.8, 4) is 11.3 Å². The Kier molecular flexibility index (Phi) is 2.97. The van der Waals surface area contributed by atoms with Gasteiger partial charge in [0, 0.05) is 5.56 Å². The Labute approximate surface area is 114 Å². The molecule has 92 valence electrons. The van der Waals surface area contributed by atoms with Gasteiger partial charge in [-0.15, -0.1) is 0 Å². The summed E-state index contributed by atoms with van der Waals surface area (Å²) in [7, 11) is 0. The smallest absolute Gasteiger partial charge is 0.170 e. The number of halogens is 1. The standard InChI is InChI=1S/C15H9ClN2O/c16-11-7-4-8-12-15(11)18-14(13(9-19)17-12)10-5-2-1-3-6-10/h1-9H. The van der Waals surface area contributed by atoms with Gasteiger partial charge in [0.25, 0.3) is 0 Å². The molecule has 0 N–H and O–H groups in total. The number of hydrogen-bond donors (Lipinski definition) is 0. The minimum Gasteiger partial charge on any atom is -0.296 e. The van der Waals surface area contributed by atoms with E-state index in [-0.39, 0.29) is 0 Å². The van der Waals surface area contributed by atoms with Crippen LogP contribution in [0.5, 0.6) is 0 Å². The van der Waals surface area contributed by atoms with Gasteiger partial charge in [0.1, 0.15) is 16.9 Å². The topological polar surface area (TPSA) is 42.9 Å². The number of benzene rings is 2. The van der Waals surface area contributed by atoms with Gasteiger partial charge in [-0.3, -0.25) is 4.79 Å². The first-order valence-corrected chi connectivity index (χ1v) is 6.14. The number of para-hydroxylation sites is 1. The molecule has 0 fully saturated rings. The van der Waals surface area contributed by atoms with Crippen molar-refractivity contribution in [2.24, 2.45) is 0 Å². The monoisotopic (exact) mass is 268 g/mol. The Morgan fingerprint density at radius 2 is 1.74 bits per heavy atom. The van der Waals surface area contributed by atoms with E-state index in [1.54, 1.807) is 18.2 Å². The zero-order valence-corrected chi connectivity index (χ0v) is 10.6. The first-order chi connectivity index (χ1) is 9.29. The van der Waals surface area contributed by atoms with E-state index in [9.17, 15) is 4.79 Å². The third kappa shape index (κ3) is 2.09. The Morgan fingerprint density at radius 3 is 2.47 bits per heavy atom. The van der Waals surface area contributed by atoms with Gasteiger partial charge in [-0.25, -0.2) is 9.97 Å². The lowest BCUT2D eigenvalue weighted by Gasteiger charge is -2.06. The Balaban J connectivity index is 2.35. The first kappa shape index (κ1) is 11.8. The SMILES string of the molecule is O=Cc1nc2cccc(Cl)c2nc1-c1ccccc1. The van der Waals surface area contributed by atoms with Gasteiger partial charge in [-0.1, -0.05) is 48.0 Å². The predicted octanol–water partition coefficient (Wildman–Crippen LogP) is 3.76. The molecule has 19 heavy (non-hydrogen) atoms. The summed E-state index contributed by atoms with van der Waals surface area (Å²) in [4.78, 5) is 20.0. The van der Waals surface area contributed by atoms with E-state index in [0.717, 1.165) is 11.8 Å². The van der Waals surface area contributed by atoms with Crippen molar-refractivity contribution in [1.29, 1.82) is 0 Å². The highest BCUT2D eigenvalue weighted by Crippen LogP contribution is 2.26. The van der Waals surface area contributed by atoms with Gasteiger partial charge in [-0.2, -0.15) is 0 Å². The maximum absolute atomic E-state index is 11.2. The average Bonchev–Trinajstić information content (AvgIpc) is 2.47. The second-order valence-corrected chi connectivity index (χ2v) is 4.46. The summed E-state index contributed by atoms with van der Waals surface area (Å²) in [6.45, 7) is 0. The Bertz CT molecular complexity index is 757. The second kappa shape index (κ2) is 4.78. The van der Waals surface area contributed by atoms with Gasteiger partial charge in [0.2, 0.25) is 0 Å². The van der Waals surface area contributed by atoms with E-state index in [2.05, 4.69) is 9.97 Å². The molecule has 0 saturated carbocycles. The van der Waals surface area contributed by atoms with Crippen molar-refractivity contribution in [2.45, 2.75) is 0 Å². The van der Waals surface area contributed by atoms with Crippen molar-refractivity contribution in [3.63, 3.8) is 0 Å². The van der Waals surface area contributed by atoms with E-state index < -0.39 is 0 Å². The number of carbonyl (C=O) groups excluding carboxylic acids is 1. The summed E-state index contributed by atoms with van der Waals surface area (Å²) >= 11 is 6.12. The van der Waals surface area contributed by atoms with Gasteiger partial charge < -0.3 is 0 Å². The Hall–Kier alpha value is -2.26. The first-order valence-electron chi connectivity index (χ1n) is 5.76. The molecule has 0 amide bonds. The fraction of sp³-hybridized carbons (Fsp3) is 0. The van der Waals surface area contributed by atoms with Crippen LogP contribution in [-0.2, 0) is 0 Å². The minimum atomic E-state index is 0.320. The number of aromatic nitrogens is 2. The zero-order valence-electron chi connectivity index (χ0n) is 9.88. The molecule has 0 radical (unpaired) electrons. The van der Waals surface area contributed by atoms with E-state index in [4.69, 9.17) is 11.6 Å². The molecule has 1 heterocycles. The van der Waals surface area contributed by atoms with Crippen molar-refractivity contribution in [2.75, 3.05) is 0 Å². The van der Waals surface area contributed by atoms with Crippen molar-refractivity contribution < 1.29 is 4.79 Å². The van der Waals surface area contributed by atoms with Crippen LogP contribution in [0.1, 0.15) is 10.5 Å². The number of nitrogens with zero attached hydrogens (tertiary/aromatic N) is 2. The molecule has 0 atom stereocenters. The lowest BCUT2D eigenvalue weighted by Crippen LogP contribution is -1.97. The number of hydrogen-bond acceptors (Lipinski definition) is 3. The van der Waals surface area contributed by atoms with Crippen LogP contribution in [0.15, 0.2) is 48.5 Å². The predicted molar refractivity (Wildman–Crippen MR) is 75.4 cm³/mol. The van der Waals surface area contributed by atoms with Gasteiger partial charge in [0.15, 0.2) is 6.29 Å². The van der Waals surface area contributed by atoms with Crippen LogP contribution in [0.25, 0.3) is 22.3 Å². The second-order valence-electron chi connectivity index (χ2n) is 4.05. The lowest BCUT2D eigenvalue weighted by molar-refractivity contribution is 0.111. The molecule has 2 aromatic carbocycles. The van der Waals surface area contributed by atoms with Crippen molar-refractivity contribution in [1.82, 2.24) is 9.97 Å². The molecule has 0 bridgehead atoms. The molecule has 0 aliphatic rings. The van der Waals surface area contributed by atoms with Crippen LogP contribution < -0.4 is 0 Å². The zero-order chi connectivity index (χ0) is 13.2. The van der Waals surface area contributed by atoms with E-state index in [1.165, 1.54) is 0 Å². The van der Waals surface area contributed by atoms with Crippen LogP contribution in [0, 0.1) is 0 Å². The summed E-state index contributed by atoms with van der Waals surface area (Å²) in [5, 5.41) is 0.527. The van der Waals surface area contributed by atoms with E-state index in [1.807, 2.05) is 30.3 Å². The lowest BCUT2D eigenvalue weighted by atomic mass is 10.1. The Morgan fingerprint density at radius 1 is 0.947 bits per heavy atom. The molecule has 1 aromatic heterocycles. The third-order valence-electron chi connectivity index (χ3n) is 2.83. The van der Waals surface area contributed by atoms with Crippen LogP contribution in [-0.4, -0.2) is 16.3 Å². The van der Waals surface area contributed by atoms with Crippen LogP contribution in [0.2, 0.25) is 5.02 Å². The molecule has 0 unspecified atom stereocenters. The fourth-order valence-electron chi connectivity index (χ4n) is 1.95. The van der Waals surface area contributed by atoms with Crippen LogP contribution >= 0.6 is 11.6 Å². The number of aldehydes is 1. The van der Waals surface area contributed by atoms with Crippen molar-refractivity contribution in [3.05, 3.63) is 59.2 Å². The minimum absolute atomic E-state index is 0.320. The molecule has 4 heteroatoms. The molecule has 0 saturated heterocycles. The number of carbonyl (C=O) groups is 1. The molecule has 3 aromatic rings. The maximum Gasteiger partial charge on any atom is 0.170 e. The summed E-state index contributed by atoms with van der Waals surface area (Å²) in [6.07, 6.45) is 0.718. The molecule has 0 aliphatic heterocycles. The molecule has 0 aliphatic carbocycles. The number of rotatable bonds is 2. The summed E-state index contributed by atoms with van der Waals surface area (Å²) in [6, 6.07) is 14.8. The summed E-state index contributed by atoms with van der Waals surface area (Å²) in [5.41, 5.74) is 2.94. The van der Waals surface area contributed by atoms with E-state index >= 15 is 0 Å². The highest BCUT2D eigenvalue weighted by atomic mass is 35.5. The van der Waals surface area contributed by atoms with Gasteiger partial charge in [0.05, 0.1) is 10.5 Å². The van der Waals surface area contributed by atoms with Crippen LogP contribution in [0.3, 0.4) is 0 Å². The maximum atomic E-state index is 11.2. The quantitative estimate of drug-likeness (QED) is 0.665. The summed E-state index contributed by atoms with van der Waals surface area (Å²) in [5.74, 6) is 0.